The lowest BCUT2D eigenvalue weighted by Crippen LogP contribution is -2.31. The maximum Gasteiger partial charge on any atom is 0.0976 e. The Bertz CT molecular complexity index is 157. The lowest BCUT2D eigenvalue weighted by atomic mass is 10.3. The molecule has 0 spiro atoms. The van der Waals surface area contributed by atoms with Gasteiger partial charge in [0.2, 0.25) is 0 Å². The Morgan fingerprint density at radius 1 is 1.07 bits per heavy atom. The molecular weight excluding hydrogens is 227 g/mol. The molecule has 2 saturated heterocycles. The second kappa shape index (κ2) is 6.10. The number of nitrogens with zero attached hydrogens (tertiary/aromatic N) is 1. The zero-order chi connectivity index (χ0) is 8.55. The summed E-state index contributed by atoms with van der Waals surface area (Å²) in [5, 5.41) is 0. The highest BCUT2D eigenvalue weighted by atomic mass is 35.5. The molecule has 2 aliphatic heterocycles. The Morgan fingerprint density at radius 2 is 1.50 bits per heavy atom. The molecule has 0 unspecified atom stereocenters. The van der Waals surface area contributed by atoms with Gasteiger partial charge in [-0.2, -0.15) is 0 Å². The van der Waals surface area contributed by atoms with Crippen LogP contribution in [0.5, 0.6) is 0 Å². The van der Waals surface area contributed by atoms with E-state index in [2.05, 4.69) is 11.9 Å². The molecule has 0 bridgehead atoms. The third-order valence-electron chi connectivity index (χ3n) is 2.45. The maximum atomic E-state index is 5.71. The normalized spacial score (nSPS) is 33.9. The first-order valence-corrected chi connectivity index (χ1v) is 4.43. The van der Waals surface area contributed by atoms with Crippen LogP contribution in [0.3, 0.4) is 0 Å². The molecule has 86 valence electrons. The summed E-state index contributed by atoms with van der Waals surface area (Å²) in [5.74, 6) is 0. The molecule has 6 heteroatoms. The molecule has 0 aromatic rings. The van der Waals surface area contributed by atoms with E-state index < -0.39 is 0 Å². The highest BCUT2D eigenvalue weighted by Gasteiger charge is 2.34. The van der Waals surface area contributed by atoms with Crippen molar-refractivity contribution in [3.05, 3.63) is 0 Å². The molecule has 0 radical (unpaired) electrons. The van der Waals surface area contributed by atoms with Crippen molar-refractivity contribution >= 4 is 24.8 Å². The average molecular weight is 245 g/mol. The van der Waals surface area contributed by atoms with Crippen molar-refractivity contribution in [3.8, 4) is 0 Å². The van der Waals surface area contributed by atoms with Gasteiger partial charge >= 0.3 is 0 Å². The first-order chi connectivity index (χ1) is 5.75. The van der Waals surface area contributed by atoms with Gasteiger partial charge in [-0.1, -0.05) is 0 Å². The van der Waals surface area contributed by atoms with Crippen molar-refractivity contribution in [2.75, 3.05) is 33.4 Å². The fourth-order valence-electron chi connectivity index (χ4n) is 1.79. The molecule has 0 aromatic carbocycles. The van der Waals surface area contributed by atoms with E-state index in [-0.39, 0.29) is 43.1 Å². The summed E-state index contributed by atoms with van der Waals surface area (Å²) in [7, 11) is 2.08. The number of hydrogen-bond donors (Lipinski definition) is 1. The number of nitrogens with two attached hydrogens (primary N) is 1. The van der Waals surface area contributed by atoms with Crippen LogP contribution >= 0.6 is 24.8 Å². The molecule has 2 aliphatic rings. The number of ether oxygens (including phenoxy) is 2. The Balaban J connectivity index is 0.000000845. The van der Waals surface area contributed by atoms with E-state index in [9.17, 15) is 0 Å². The minimum atomic E-state index is 0. The van der Waals surface area contributed by atoms with Gasteiger partial charge in [0, 0.05) is 13.1 Å². The van der Waals surface area contributed by atoms with Crippen molar-refractivity contribution in [2.24, 2.45) is 5.73 Å². The second-order valence-corrected chi connectivity index (χ2v) is 3.72. The Hall–Kier alpha value is 0.420. The smallest absolute Gasteiger partial charge is 0.0976 e. The summed E-state index contributed by atoms with van der Waals surface area (Å²) in [6, 6.07) is 0.0564. The molecule has 2 N–H and O–H groups in total. The number of hydrogen-bond acceptors (Lipinski definition) is 4. The van der Waals surface area contributed by atoms with Gasteiger partial charge in [0.25, 0.3) is 0 Å². The fourth-order valence-corrected chi connectivity index (χ4v) is 1.79. The number of fused-ring (bicyclic) bond motifs is 1. The summed E-state index contributed by atoms with van der Waals surface area (Å²) >= 11 is 0. The van der Waals surface area contributed by atoms with Crippen LogP contribution in [0, 0.1) is 0 Å². The first-order valence-electron chi connectivity index (χ1n) is 4.43. The van der Waals surface area contributed by atoms with E-state index in [0.717, 1.165) is 13.1 Å². The van der Waals surface area contributed by atoms with Gasteiger partial charge in [-0.05, 0) is 7.05 Å². The highest BCUT2D eigenvalue weighted by molar-refractivity contribution is 5.85. The topological polar surface area (TPSA) is 47.7 Å². The fraction of sp³-hybridized carbons (Fsp3) is 1.00. The van der Waals surface area contributed by atoms with Crippen LogP contribution in [-0.4, -0.2) is 56.5 Å². The van der Waals surface area contributed by atoms with Gasteiger partial charge in [0.05, 0.1) is 31.5 Å². The molecule has 2 rings (SSSR count). The van der Waals surface area contributed by atoms with Crippen LogP contribution in [0.15, 0.2) is 0 Å². The van der Waals surface area contributed by atoms with Crippen molar-refractivity contribution in [1.29, 1.82) is 0 Å². The predicted octanol–water partition coefficient (Wildman–Crippen LogP) is -0.113. The van der Waals surface area contributed by atoms with E-state index >= 15 is 0 Å². The summed E-state index contributed by atoms with van der Waals surface area (Å²) in [4.78, 5) is 2.23. The number of likely N-dealkylation sites (tertiary alicyclic amines) is 1. The largest absolute Gasteiger partial charge is 0.372 e. The molecule has 0 aromatic heterocycles. The molecule has 2 atom stereocenters. The van der Waals surface area contributed by atoms with Crippen LogP contribution < -0.4 is 5.73 Å². The van der Waals surface area contributed by atoms with E-state index in [1.807, 2.05) is 0 Å². The molecule has 2 heterocycles. The molecule has 2 fully saturated rings. The molecule has 4 nitrogen and oxygen atoms in total. The van der Waals surface area contributed by atoms with E-state index in [1.165, 1.54) is 0 Å². The zero-order valence-electron chi connectivity index (χ0n) is 8.22. The van der Waals surface area contributed by atoms with Crippen molar-refractivity contribution in [3.63, 3.8) is 0 Å². The minimum absolute atomic E-state index is 0. The third kappa shape index (κ3) is 3.22. The summed E-state index contributed by atoms with van der Waals surface area (Å²) < 4.78 is 11.2. The van der Waals surface area contributed by atoms with Gasteiger partial charge in [-0.25, -0.2) is 0 Å². The van der Waals surface area contributed by atoms with E-state index in [1.54, 1.807) is 0 Å². The second-order valence-electron chi connectivity index (χ2n) is 3.72. The van der Waals surface area contributed by atoms with Crippen LogP contribution in [0.1, 0.15) is 0 Å². The Kier molecular flexibility index (Phi) is 6.28. The number of halogens is 2. The van der Waals surface area contributed by atoms with E-state index in [0.29, 0.717) is 13.2 Å². The Morgan fingerprint density at radius 3 is 1.93 bits per heavy atom. The van der Waals surface area contributed by atoms with Gasteiger partial charge in [0.15, 0.2) is 0 Å². The summed E-state index contributed by atoms with van der Waals surface area (Å²) in [6.07, 6.45) is 0.479. The van der Waals surface area contributed by atoms with Gasteiger partial charge in [0.1, 0.15) is 0 Å². The maximum absolute atomic E-state index is 5.71. The summed E-state index contributed by atoms with van der Waals surface area (Å²) in [6.45, 7) is 3.21. The van der Waals surface area contributed by atoms with Crippen LogP contribution in [0.25, 0.3) is 0 Å². The van der Waals surface area contributed by atoms with Crippen molar-refractivity contribution in [2.45, 2.75) is 18.2 Å². The van der Waals surface area contributed by atoms with Crippen LogP contribution in [-0.2, 0) is 9.47 Å². The number of likely N-dealkylation sites (N-methyl/N-ethyl adjacent to an activating group) is 1. The first kappa shape index (κ1) is 14.4. The molecule has 0 saturated carbocycles. The van der Waals surface area contributed by atoms with Gasteiger partial charge in [-0.3, -0.25) is 0 Å². The zero-order valence-corrected chi connectivity index (χ0v) is 9.85. The molecule has 14 heavy (non-hydrogen) atoms. The SMILES string of the molecule is CN1C[C@H]2OCC(N)CO[C@@H]2C1.Cl.Cl. The molecule has 0 aliphatic carbocycles. The predicted molar refractivity (Wildman–Crippen MR) is 59.4 cm³/mol. The van der Waals surface area contributed by atoms with Gasteiger partial charge in [-0.15, -0.1) is 24.8 Å². The minimum Gasteiger partial charge on any atom is -0.372 e. The molecule has 0 amide bonds. The van der Waals surface area contributed by atoms with Crippen LogP contribution in [0.2, 0.25) is 0 Å². The van der Waals surface area contributed by atoms with Crippen molar-refractivity contribution in [1.82, 2.24) is 4.90 Å². The number of rotatable bonds is 0. The standard InChI is InChI=1S/C8H16N2O2.2ClH/c1-10-2-7-8(3-10)12-5-6(9)4-11-7;;/h6-8H,2-5,9H2,1H3;2*1H/t7-,8-;;/m1../s1. The molecular formula is C8H18Cl2N2O2. The quantitative estimate of drug-likeness (QED) is 0.646. The average Bonchev–Trinajstić information content (AvgIpc) is 2.31. The highest BCUT2D eigenvalue weighted by Crippen LogP contribution is 2.17. The monoisotopic (exact) mass is 244 g/mol. The van der Waals surface area contributed by atoms with Gasteiger partial charge < -0.3 is 20.1 Å². The lowest BCUT2D eigenvalue weighted by molar-refractivity contribution is -0.00461. The summed E-state index contributed by atoms with van der Waals surface area (Å²) in [5.41, 5.74) is 5.71. The Labute approximate surface area is 96.9 Å². The van der Waals surface area contributed by atoms with Crippen LogP contribution in [0.4, 0.5) is 0 Å². The van der Waals surface area contributed by atoms with E-state index in [4.69, 9.17) is 15.2 Å². The third-order valence-corrected chi connectivity index (χ3v) is 2.45. The lowest BCUT2D eigenvalue weighted by Gasteiger charge is -2.13. The van der Waals surface area contributed by atoms with Crippen molar-refractivity contribution < 1.29 is 9.47 Å².